The van der Waals surface area contributed by atoms with E-state index in [4.69, 9.17) is 11.6 Å². The average Bonchev–Trinajstić information content (AvgIpc) is 3.19. The van der Waals surface area contributed by atoms with E-state index >= 15 is 4.39 Å². The highest BCUT2D eigenvalue weighted by Gasteiger charge is 2.37. The number of anilines is 1. The van der Waals surface area contributed by atoms with Gasteiger partial charge in [-0.2, -0.15) is 0 Å². The predicted molar refractivity (Wildman–Crippen MR) is 110 cm³/mol. The first-order chi connectivity index (χ1) is 13.3. The molecule has 0 saturated heterocycles. The summed E-state index contributed by atoms with van der Waals surface area (Å²) in [6.07, 6.45) is 1.92. The van der Waals surface area contributed by atoms with Gasteiger partial charge in [-0.3, -0.25) is 4.57 Å². The number of fused-ring (bicyclic) bond motifs is 4. The number of rotatable bonds is 1. The predicted octanol–water partition coefficient (Wildman–Crippen LogP) is 5.49. The molecule has 1 aliphatic rings. The van der Waals surface area contributed by atoms with Crippen molar-refractivity contribution in [3.63, 3.8) is 0 Å². The number of nitrogens with zero attached hydrogens (tertiary/aromatic N) is 3. The van der Waals surface area contributed by atoms with Gasteiger partial charge in [0.25, 0.3) is 0 Å². The van der Waals surface area contributed by atoms with Crippen LogP contribution in [0.3, 0.4) is 0 Å². The van der Waals surface area contributed by atoms with Crippen LogP contribution in [0.15, 0.2) is 30.5 Å². The van der Waals surface area contributed by atoms with Gasteiger partial charge in [0.15, 0.2) is 11.6 Å². The number of aromatic nitrogens is 4. The lowest BCUT2D eigenvalue weighted by Gasteiger charge is -2.34. The fourth-order valence-electron chi connectivity index (χ4n) is 4.10. The largest absolute Gasteiger partial charge is 0.371 e. The van der Waals surface area contributed by atoms with Gasteiger partial charge in [-0.15, -0.1) is 10.2 Å². The number of aryl methyl sites for hydroxylation is 2. The summed E-state index contributed by atoms with van der Waals surface area (Å²) >= 11 is 6.61. The van der Waals surface area contributed by atoms with Gasteiger partial charge in [0, 0.05) is 22.7 Å². The van der Waals surface area contributed by atoms with Gasteiger partial charge in [-0.1, -0.05) is 29.8 Å². The summed E-state index contributed by atoms with van der Waals surface area (Å²) in [6.45, 7) is 7.81. The SMILES string of the molecule is Cc1c[nH]c2c(-c3c(Cl)cc4c(c3F)-n3c(C)nnc3C(C)(C)N4)cccc12. The van der Waals surface area contributed by atoms with Gasteiger partial charge in [0.2, 0.25) is 0 Å². The van der Waals surface area contributed by atoms with Crippen LogP contribution in [0.4, 0.5) is 10.1 Å². The second-order valence-electron chi connectivity index (χ2n) is 7.80. The molecular weight excluding hydrogens is 377 g/mol. The van der Waals surface area contributed by atoms with Crippen LogP contribution in [0.5, 0.6) is 0 Å². The summed E-state index contributed by atoms with van der Waals surface area (Å²) in [4.78, 5) is 3.26. The molecule has 0 amide bonds. The maximum absolute atomic E-state index is 16.0. The first-order valence-electron chi connectivity index (χ1n) is 9.09. The van der Waals surface area contributed by atoms with Crippen LogP contribution < -0.4 is 5.32 Å². The van der Waals surface area contributed by atoms with Crippen molar-refractivity contribution in [2.45, 2.75) is 33.2 Å². The Kier molecular flexibility index (Phi) is 3.44. The molecule has 5 rings (SSSR count). The molecule has 28 heavy (non-hydrogen) atoms. The number of H-pyrrole nitrogens is 1. The summed E-state index contributed by atoms with van der Waals surface area (Å²) in [5.74, 6) is 0.903. The number of halogens is 2. The number of aromatic amines is 1. The summed E-state index contributed by atoms with van der Waals surface area (Å²) in [7, 11) is 0. The van der Waals surface area contributed by atoms with Crippen molar-refractivity contribution in [3.8, 4) is 16.8 Å². The zero-order valence-corrected chi connectivity index (χ0v) is 16.7. The van der Waals surface area contributed by atoms with Crippen molar-refractivity contribution in [1.29, 1.82) is 0 Å². The van der Waals surface area contributed by atoms with Gasteiger partial charge in [-0.25, -0.2) is 4.39 Å². The van der Waals surface area contributed by atoms with E-state index in [0.717, 1.165) is 22.0 Å². The molecule has 2 N–H and O–H groups in total. The molecule has 7 heteroatoms. The van der Waals surface area contributed by atoms with Crippen molar-refractivity contribution < 1.29 is 4.39 Å². The lowest BCUT2D eigenvalue weighted by molar-refractivity contribution is 0.523. The molecule has 3 heterocycles. The van der Waals surface area contributed by atoms with E-state index in [1.54, 1.807) is 10.6 Å². The number of nitrogens with one attached hydrogen (secondary N) is 2. The maximum atomic E-state index is 16.0. The van der Waals surface area contributed by atoms with Gasteiger partial charge in [0.05, 0.1) is 21.8 Å². The zero-order chi connectivity index (χ0) is 19.8. The smallest absolute Gasteiger partial charge is 0.162 e. The standard InChI is InChI=1S/C21H19ClFN5/c1-10-9-24-18-12(10)6-5-7-13(18)16-14(22)8-15-19(17(16)23)28-11(2)26-27-20(28)21(3,4)25-15/h5-9,24-25H,1-4H3. The van der Waals surface area contributed by atoms with E-state index in [0.29, 0.717) is 33.6 Å². The highest BCUT2D eigenvalue weighted by molar-refractivity contribution is 6.34. The molecule has 0 aliphatic carbocycles. The fraction of sp³-hybridized carbons (Fsp3) is 0.238. The average molecular weight is 396 g/mol. The molecule has 2 aromatic heterocycles. The lowest BCUT2D eigenvalue weighted by atomic mass is 9.96. The third-order valence-electron chi connectivity index (χ3n) is 5.44. The molecule has 0 saturated carbocycles. The first-order valence-corrected chi connectivity index (χ1v) is 9.47. The molecule has 0 unspecified atom stereocenters. The van der Waals surface area contributed by atoms with Crippen LogP contribution in [0.2, 0.25) is 5.02 Å². The quantitative estimate of drug-likeness (QED) is 0.448. The molecular formula is C21H19ClFN5. The van der Waals surface area contributed by atoms with Crippen molar-refractivity contribution in [3.05, 3.63) is 58.5 Å². The molecule has 0 atom stereocenters. The lowest BCUT2D eigenvalue weighted by Crippen LogP contribution is -2.36. The Balaban J connectivity index is 1.86. The van der Waals surface area contributed by atoms with Crippen LogP contribution in [-0.4, -0.2) is 19.7 Å². The van der Waals surface area contributed by atoms with Crippen molar-refractivity contribution in [2.24, 2.45) is 0 Å². The Morgan fingerprint density at radius 3 is 2.75 bits per heavy atom. The van der Waals surface area contributed by atoms with E-state index in [9.17, 15) is 0 Å². The van der Waals surface area contributed by atoms with E-state index in [-0.39, 0.29) is 0 Å². The Morgan fingerprint density at radius 2 is 1.96 bits per heavy atom. The third kappa shape index (κ3) is 2.18. The van der Waals surface area contributed by atoms with Gasteiger partial charge in [0.1, 0.15) is 11.5 Å². The van der Waals surface area contributed by atoms with E-state index in [1.807, 2.05) is 52.1 Å². The van der Waals surface area contributed by atoms with Crippen molar-refractivity contribution in [1.82, 2.24) is 19.7 Å². The van der Waals surface area contributed by atoms with E-state index in [1.165, 1.54) is 0 Å². The minimum atomic E-state index is -0.498. The van der Waals surface area contributed by atoms with E-state index < -0.39 is 11.4 Å². The van der Waals surface area contributed by atoms with Gasteiger partial charge < -0.3 is 10.3 Å². The second kappa shape index (κ2) is 5.58. The fourth-order valence-corrected chi connectivity index (χ4v) is 4.39. The highest BCUT2D eigenvalue weighted by Crippen LogP contribution is 2.45. The minimum Gasteiger partial charge on any atom is -0.371 e. The van der Waals surface area contributed by atoms with Crippen LogP contribution in [0, 0.1) is 19.7 Å². The second-order valence-corrected chi connectivity index (χ2v) is 8.21. The van der Waals surface area contributed by atoms with Crippen LogP contribution >= 0.6 is 11.6 Å². The van der Waals surface area contributed by atoms with Crippen molar-refractivity contribution in [2.75, 3.05) is 5.32 Å². The molecule has 0 bridgehead atoms. The summed E-state index contributed by atoms with van der Waals surface area (Å²) in [5, 5.41) is 13.2. The number of hydrogen-bond acceptors (Lipinski definition) is 3. The van der Waals surface area contributed by atoms with Gasteiger partial charge >= 0.3 is 0 Å². The monoisotopic (exact) mass is 395 g/mol. The molecule has 4 aromatic rings. The van der Waals surface area contributed by atoms with Crippen LogP contribution in [-0.2, 0) is 5.54 Å². The topological polar surface area (TPSA) is 58.5 Å². The number of hydrogen-bond donors (Lipinski definition) is 2. The number of benzene rings is 2. The summed E-state index contributed by atoms with van der Waals surface area (Å²) < 4.78 is 17.8. The molecule has 0 radical (unpaired) electrons. The molecule has 0 fully saturated rings. The Hall–Kier alpha value is -2.86. The van der Waals surface area contributed by atoms with Gasteiger partial charge in [-0.05, 0) is 39.3 Å². The third-order valence-corrected chi connectivity index (χ3v) is 5.74. The van der Waals surface area contributed by atoms with E-state index in [2.05, 4.69) is 20.5 Å². The summed E-state index contributed by atoms with van der Waals surface area (Å²) in [5.41, 5.74) is 3.60. The Morgan fingerprint density at radius 1 is 1.18 bits per heavy atom. The summed E-state index contributed by atoms with van der Waals surface area (Å²) in [6, 6.07) is 7.61. The molecule has 5 nitrogen and oxygen atoms in total. The highest BCUT2D eigenvalue weighted by atomic mass is 35.5. The molecule has 1 aliphatic heterocycles. The van der Waals surface area contributed by atoms with Crippen LogP contribution in [0.25, 0.3) is 27.7 Å². The molecule has 2 aromatic carbocycles. The molecule has 142 valence electrons. The Labute approximate surface area is 166 Å². The first kappa shape index (κ1) is 17.3. The minimum absolute atomic E-state index is 0.355. The van der Waals surface area contributed by atoms with Crippen molar-refractivity contribution >= 4 is 28.2 Å². The Bertz CT molecular complexity index is 1270. The van der Waals surface area contributed by atoms with Crippen LogP contribution in [0.1, 0.15) is 31.1 Å². The molecule has 0 spiro atoms. The normalized spacial score (nSPS) is 14.6. The maximum Gasteiger partial charge on any atom is 0.162 e. The number of para-hydroxylation sites is 1. The zero-order valence-electron chi connectivity index (χ0n) is 16.0.